The lowest BCUT2D eigenvalue weighted by molar-refractivity contribution is -0.151. The van der Waals surface area contributed by atoms with Gasteiger partial charge in [0.1, 0.15) is 17.9 Å². The van der Waals surface area contributed by atoms with Crippen LogP contribution in [0.1, 0.15) is 36.1 Å². The molecule has 2 aliphatic rings. The highest BCUT2D eigenvalue weighted by molar-refractivity contribution is 5.88. The van der Waals surface area contributed by atoms with E-state index in [1.807, 2.05) is 13.8 Å². The van der Waals surface area contributed by atoms with E-state index in [1.54, 1.807) is 4.68 Å². The molecule has 3 rings (SSSR count). The van der Waals surface area contributed by atoms with Gasteiger partial charge in [-0.05, 0) is 13.8 Å². The molecular formula is C10H13N3O4. The second-order valence-electron chi connectivity index (χ2n) is 4.59. The van der Waals surface area contributed by atoms with Crippen LogP contribution in [0.5, 0.6) is 0 Å². The number of fused-ring (bicyclic) bond motifs is 3. The number of methoxy groups -OCH3 is 1. The first-order chi connectivity index (χ1) is 8.02. The van der Waals surface area contributed by atoms with Crippen molar-refractivity contribution in [3.8, 4) is 0 Å². The predicted molar refractivity (Wildman–Crippen MR) is 54.1 cm³/mol. The molecule has 0 unspecified atom stereocenters. The van der Waals surface area contributed by atoms with Crippen LogP contribution in [0.3, 0.4) is 0 Å². The van der Waals surface area contributed by atoms with Gasteiger partial charge in [0.25, 0.3) is 0 Å². The lowest BCUT2D eigenvalue weighted by atomic mass is 10.1. The molecule has 2 aliphatic heterocycles. The number of carbonyl (C=O) groups is 1. The molecule has 92 valence electrons. The molecule has 1 fully saturated rings. The van der Waals surface area contributed by atoms with Crippen molar-refractivity contribution in [2.24, 2.45) is 0 Å². The number of rotatable bonds is 1. The van der Waals surface area contributed by atoms with Crippen LogP contribution in [0.4, 0.5) is 0 Å². The normalized spacial score (nSPS) is 28.9. The fourth-order valence-electron chi connectivity index (χ4n) is 2.35. The van der Waals surface area contributed by atoms with Gasteiger partial charge >= 0.3 is 5.97 Å². The number of aromatic nitrogens is 3. The second kappa shape index (κ2) is 3.27. The Morgan fingerprint density at radius 2 is 2.29 bits per heavy atom. The van der Waals surface area contributed by atoms with Gasteiger partial charge in [0.05, 0.1) is 13.7 Å². The van der Waals surface area contributed by atoms with E-state index in [0.717, 1.165) is 0 Å². The fraction of sp³-hybridized carbons (Fsp3) is 0.700. The zero-order chi connectivity index (χ0) is 12.2. The molecular weight excluding hydrogens is 226 g/mol. The Hall–Kier alpha value is -1.47. The van der Waals surface area contributed by atoms with Crippen molar-refractivity contribution in [3.05, 3.63) is 11.4 Å². The molecule has 2 atom stereocenters. The van der Waals surface area contributed by atoms with Crippen molar-refractivity contribution in [2.75, 3.05) is 7.11 Å². The van der Waals surface area contributed by atoms with Gasteiger partial charge in [0, 0.05) is 0 Å². The van der Waals surface area contributed by atoms with Gasteiger partial charge in [0.15, 0.2) is 11.5 Å². The van der Waals surface area contributed by atoms with Crippen molar-refractivity contribution < 1.29 is 19.0 Å². The van der Waals surface area contributed by atoms with Crippen LogP contribution in [-0.2, 0) is 20.8 Å². The van der Waals surface area contributed by atoms with Crippen molar-refractivity contribution in [1.29, 1.82) is 0 Å². The first-order valence-corrected chi connectivity index (χ1v) is 5.39. The number of ether oxygens (including phenoxy) is 3. The molecule has 0 saturated carbocycles. The molecule has 1 aromatic heterocycles. The summed E-state index contributed by atoms with van der Waals surface area (Å²) >= 11 is 0. The van der Waals surface area contributed by atoms with Crippen LogP contribution in [0, 0.1) is 0 Å². The van der Waals surface area contributed by atoms with Gasteiger partial charge in [0.2, 0.25) is 0 Å². The highest BCUT2D eigenvalue weighted by atomic mass is 16.8. The minimum absolute atomic E-state index is 0.112. The van der Waals surface area contributed by atoms with Gasteiger partial charge in [-0.25, -0.2) is 9.48 Å². The minimum Gasteiger partial charge on any atom is -0.464 e. The summed E-state index contributed by atoms with van der Waals surface area (Å²) in [7, 11) is 1.32. The second-order valence-corrected chi connectivity index (χ2v) is 4.59. The molecule has 7 heteroatoms. The maximum atomic E-state index is 11.5. The third kappa shape index (κ3) is 1.46. The van der Waals surface area contributed by atoms with Crippen LogP contribution in [0.25, 0.3) is 0 Å². The molecule has 0 aliphatic carbocycles. The van der Waals surface area contributed by atoms with Crippen molar-refractivity contribution in [1.82, 2.24) is 15.0 Å². The average molecular weight is 239 g/mol. The van der Waals surface area contributed by atoms with Crippen LogP contribution >= 0.6 is 0 Å². The van der Waals surface area contributed by atoms with Crippen LogP contribution < -0.4 is 0 Å². The SMILES string of the molecule is COC(=O)c1nnn2c1[C@@H]1OC(C)(C)O[C@H]1C2. The van der Waals surface area contributed by atoms with E-state index < -0.39 is 11.8 Å². The highest BCUT2D eigenvalue weighted by Gasteiger charge is 2.50. The monoisotopic (exact) mass is 239 g/mol. The van der Waals surface area contributed by atoms with E-state index >= 15 is 0 Å². The van der Waals surface area contributed by atoms with Gasteiger partial charge in [-0.3, -0.25) is 0 Å². The van der Waals surface area contributed by atoms with Crippen LogP contribution in [0.15, 0.2) is 0 Å². The van der Waals surface area contributed by atoms with Gasteiger partial charge in [-0.15, -0.1) is 5.10 Å². The molecule has 3 heterocycles. The van der Waals surface area contributed by atoms with E-state index in [0.29, 0.717) is 12.2 Å². The summed E-state index contributed by atoms with van der Waals surface area (Å²) in [6.07, 6.45) is -0.409. The summed E-state index contributed by atoms with van der Waals surface area (Å²) in [5.41, 5.74) is 0.855. The summed E-state index contributed by atoms with van der Waals surface area (Å²) in [5, 5.41) is 7.72. The molecule has 7 nitrogen and oxygen atoms in total. The quantitative estimate of drug-likeness (QED) is 0.655. The molecule has 0 aromatic carbocycles. The maximum Gasteiger partial charge on any atom is 0.360 e. The third-order valence-electron chi connectivity index (χ3n) is 2.96. The Bertz CT molecular complexity index is 482. The van der Waals surface area contributed by atoms with E-state index in [9.17, 15) is 4.79 Å². The van der Waals surface area contributed by atoms with Crippen molar-refractivity contribution >= 4 is 5.97 Å². The number of hydrogen-bond acceptors (Lipinski definition) is 6. The Morgan fingerprint density at radius 3 is 3.00 bits per heavy atom. The molecule has 0 radical (unpaired) electrons. The standard InChI is InChI=1S/C10H13N3O4/c1-10(2)16-5-4-13-7(8(5)17-10)6(11-12-13)9(14)15-3/h5,8H,4H2,1-3H3/t5-,8+/m0/s1. The number of hydrogen-bond donors (Lipinski definition) is 0. The van der Waals surface area contributed by atoms with E-state index in [1.165, 1.54) is 7.11 Å². The van der Waals surface area contributed by atoms with Crippen molar-refractivity contribution in [2.45, 2.75) is 38.4 Å². The first-order valence-electron chi connectivity index (χ1n) is 5.39. The number of esters is 1. The van der Waals surface area contributed by atoms with E-state index in [-0.39, 0.29) is 17.9 Å². The molecule has 0 N–H and O–H groups in total. The lowest BCUT2D eigenvalue weighted by Gasteiger charge is -2.18. The van der Waals surface area contributed by atoms with Crippen LogP contribution in [-0.4, -0.2) is 40.0 Å². The molecule has 0 spiro atoms. The molecule has 0 amide bonds. The predicted octanol–water partition coefficient (Wildman–Crippen LogP) is 0.271. The summed E-state index contributed by atoms with van der Waals surface area (Å²) in [6, 6.07) is 0. The number of nitrogens with zero attached hydrogens (tertiary/aromatic N) is 3. The lowest BCUT2D eigenvalue weighted by Crippen LogP contribution is -2.23. The zero-order valence-corrected chi connectivity index (χ0v) is 9.84. The zero-order valence-electron chi connectivity index (χ0n) is 9.84. The minimum atomic E-state index is -0.641. The van der Waals surface area contributed by atoms with Gasteiger partial charge in [-0.2, -0.15) is 0 Å². The third-order valence-corrected chi connectivity index (χ3v) is 2.96. The summed E-state index contributed by atoms with van der Waals surface area (Å²) < 4.78 is 17.8. The Labute approximate surface area is 97.6 Å². The van der Waals surface area contributed by atoms with Crippen molar-refractivity contribution in [3.63, 3.8) is 0 Å². The summed E-state index contributed by atoms with van der Waals surface area (Å²) in [4.78, 5) is 11.5. The van der Waals surface area contributed by atoms with E-state index in [4.69, 9.17) is 9.47 Å². The highest BCUT2D eigenvalue weighted by Crippen LogP contribution is 2.43. The van der Waals surface area contributed by atoms with Gasteiger partial charge in [-0.1, -0.05) is 5.21 Å². The van der Waals surface area contributed by atoms with E-state index in [2.05, 4.69) is 15.0 Å². The first kappa shape index (κ1) is 10.7. The Morgan fingerprint density at radius 1 is 1.53 bits per heavy atom. The average Bonchev–Trinajstić information content (AvgIpc) is 2.85. The number of carbonyl (C=O) groups excluding carboxylic acids is 1. The molecule has 0 bridgehead atoms. The molecule has 1 saturated heterocycles. The van der Waals surface area contributed by atoms with Crippen LogP contribution in [0.2, 0.25) is 0 Å². The maximum absolute atomic E-state index is 11.5. The molecule has 1 aromatic rings. The molecule has 17 heavy (non-hydrogen) atoms. The topological polar surface area (TPSA) is 75.5 Å². The largest absolute Gasteiger partial charge is 0.464 e. The Kier molecular flexibility index (Phi) is 2.05. The Balaban J connectivity index is 1.99. The van der Waals surface area contributed by atoms with Gasteiger partial charge < -0.3 is 14.2 Å². The summed E-state index contributed by atoms with van der Waals surface area (Å²) in [5.74, 6) is -1.14. The smallest absolute Gasteiger partial charge is 0.360 e. The fourth-order valence-corrected chi connectivity index (χ4v) is 2.35. The summed E-state index contributed by atoms with van der Waals surface area (Å²) in [6.45, 7) is 4.24.